The van der Waals surface area contributed by atoms with E-state index in [-0.39, 0.29) is 11.9 Å². The summed E-state index contributed by atoms with van der Waals surface area (Å²) in [5.41, 5.74) is 0. The molecule has 1 unspecified atom stereocenters. The van der Waals surface area contributed by atoms with E-state index in [1.165, 1.54) is 32.1 Å². The van der Waals surface area contributed by atoms with Gasteiger partial charge in [0.1, 0.15) is 0 Å². The lowest BCUT2D eigenvalue weighted by Crippen LogP contribution is -2.44. The summed E-state index contributed by atoms with van der Waals surface area (Å²) in [4.78, 5) is 11.6. The molecule has 1 saturated carbocycles. The van der Waals surface area contributed by atoms with Crippen LogP contribution in [-0.2, 0) is 4.79 Å². The molecule has 0 spiro atoms. The van der Waals surface area contributed by atoms with Gasteiger partial charge in [0, 0.05) is 6.04 Å². The molecule has 0 aromatic rings. The highest BCUT2D eigenvalue weighted by atomic mass is 16.2. The highest BCUT2D eigenvalue weighted by Crippen LogP contribution is 2.19. The Balaban J connectivity index is 1.78. The first-order valence-corrected chi connectivity index (χ1v) is 5.40. The second-order valence-corrected chi connectivity index (χ2v) is 4.14. The maximum Gasteiger partial charge on any atom is 0.237 e. The van der Waals surface area contributed by atoms with Crippen molar-refractivity contribution in [3.8, 4) is 0 Å². The number of carbonyl (C=O) groups excluding carboxylic acids is 1. The molecule has 1 heterocycles. The molecule has 1 saturated heterocycles. The van der Waals surface area contributed by atoms with Crippen molar-refractivity contribution in [2.24, 2.45) is 0 Å². The Labute approximate surface area is 79.3 Å². The summed E-state index contributed by atoms with van der Waals surface area (Å²) in [5.74, 6) is 0.226. The quantitative estimate of drug-likeness (QED) is 0.663. The van der Waals surface area contributed by atoms with Crippen LogP contribution in [0.2, 0.25) is 0 Å². The van der Waals surface area contributed by atoms with Crippen LogP contribution >= 0.6 is 0 Å². The van der Waals surface area contributed by atoms with E-state index in [0.29, 0.717) is 6.04 Å². The second-order valence-electron chi connectivity index (χ2n) is 4.14. The molecule has 0 aromatic heterocycles. The lowest BCUT2D eigenvalue weighted by molar-refractivity contribution is -0.123. The van der Waals surface area contributed by atoms with Crippen molar-refractivity contribution < 1.29 is 4.79 Å². The van der Waals surface area contributed by atoms with Gasteiger partial charge < -0.3 is 10.6 Å². The highest BCUT2D eigenvalue weighted by molar-refractivity contribution is 5.82. The van der Waals surface area contributed by atoms with Crippen molar-refractivity contribution in [2.45, 2.75) is 50.6 Å². The predicted octanol–water partition coefficient (Wildman–Crippen LogP) is 0.797. The van der Waals surface area contributed by atoms with E-state index >= 15 is 0 Å². The Morgan fingerprint density at radius 1 is 1.15 bits per heavy atom. The van der Waals surface area contributed by atoms with Gasteiger partial charge >= 0.3 is 0 Å². The summed E-state index contributed by atoms with van der Waals surface area (Å²) in [6, 6.07) is 0.584. The molecule has 74 valence electrons. The molecule has 0 bridgehead atoms. The molecule has 2 N–H and O–H groups in total. The Morgan fingerprint density at radius 2 is 2.00 bits per heavy atom. The van der Waals surface area contributed by atoms with E-state index in [1.54, 1.807) is 0 Å². The average molecular weight is 182 g/mol. The van der Waals surface area contributed by atoms with E-state index in [9.17, 15) is 4.79 Å². The molecule has 3 heteroatoms. The minimum atomic E-state index is 0.0862. The Bertz CT molecular complexity index is 181. The van der Waals surface area contributed by atoms with Gasteiger partial charge in [-0.25, -0.2) is 0 Å². The van der Waals surface area contributed by atoms with E-state index in [4.69, 9.17) is 0 Å². The van der Waals surface area contributed by atoms with Crippen LogP contribution in [0.3, 0.4) is 0 Å². The van der Waals surface area contributed by atoms with Gasteiger partial charge in [-0.15, -0.1) is 0 Å². The van der Waals surface area contributed by atoms with Crippen LogP contribution in [-0.4, -0.2) is 24.5 Å². The van der Waals surface area contributed by atoms with Gasteiger partial charge in [0.25, 0.3) is 0 Å². The molecule has 2 rings (SSSR count). The maximum absolute atomic E-state index is 11.6. The number of carbonyl (C=O) groups is 1. The van der Waals surface area contributed by atoms with E-state index < -0.39 is 0 Å². The molecular weight excluding hydrogens is 164 g/mol. The molecule has 1 atom stereocenters. The highest BCUT2D eigenvalue weighted by Gasteiger charge is 2.27. The first-order chi connectivity index (χ1) is 6.36. The minimum absolute atomic E-state index is 0.0862. The molecule has 1 aliphatic carbocycles. The fourth-order valence-corrected chi connectivity index (χ4v) is 1.78. The zero-order valence-corrected chi connectivity index (χ0v) is 8.01. The van der Waals surface area contributed by atoms with Crippen LogP contribution in [0.5, 0.6) is 0 Å². The lowest BCUT2D eigenvalue weighted by Gasteiger charge is -2.14. The van der Waals surface area contributed by atoms with Gasteiger partial charge in [0.2, 0.25) is 5.91 Å². The van der Waals surface area contributed by atoms with Gasteiger partial charge in [0.15, 0.2) is 0 Å². The molecule has 3 nitrogen and oxygen atoms in total. The van der Waals surface area contributed by atoms with E-state index in [0.717, 1.165) is 13.0 Å². The van der Waals surface area contributed by atoms with Crippen LogP contribution < -0.4 is 10.6 Å². The van der Waals surface area contributed by atoms with Crippen molar-refractivity contribution >= 4 is 5.91 Å². The average Bonchev–Trinajstić information content (AvgIpc) is 2.87. The Hall–Kier alpha value is -0.570. The summed E-state index contributed by atoms with van der Waals surface area (Å²) in [5, 5.41) is 6.35. The van der Waals surface area contributed by atoms with Gasteiger partial charge in [-0.2, -0.15) is 0 Å². The number of rotatable bonds is 2. The largest absolute Gasteiger partial charge is 0.352 e. The predicted molar refractivity (Wildman–Crippen MR) is 51.4 cm³/mol. The Kier molecular flexibility index (Phi) is 2.83. The smallest absolute Gasteiger partial charge is 0.237 e. The molecule has 0 radical (unpaired) electrons. The topological polar surface area (TPSA) is 41.1 Å². The van der Waals surface area contributed by atoms with E-state index in [1.807, 2.05) is 0 Å². The second kappa shape index (κ2) is 4.09. The van der Waals surface area contributed by atoms with Gasteiger partial charge in [-0.3, -0.25) is 4.79 Å². The van der Waals surface area contributed by atoms with Gasteiger partial charge in [-0.1, -0.05) is 12.8 Å². The van der Waals surface area contributed by atoms with E-state index in [2.05, 4.69) is 10.6 Å². The Morgan fingerprint density at radius 3 is 2.77 bits per heavy atom. The number of hydrogen-bond acceptors (Lipinski definition) is 2. The maximum atomic E-state index is 11.6. The molecule has 1 aliphatic heterocycles. The van der Waals surface area contributed by atoms with Crippen molar-refractivity contribution in [3.05, 3.63) is 0 Å². The molecule has 2 fully saturated rings. The molecule has 13 heavy (non-hydrogen) atoms. The van der Waals surface area contributed by atoms with Crippen LogP contribution in [0.25, 0.3) is 0 Å². The number of amides is 1. The SMILES string of the molecule is O=C(NC1CC1)C1CCCCCN1. The lowest BCUT2D eigenvalue weighted by atomic mass is 10.1. The first kappa shape index (κ1) is 9.00. The van der Waals surface area contributed by atoms with Crippen molar-refractivity contribution in [2.75, 3.05) is 6.54 Å². The van der Waals surface area contributed by atoms with Crippen LogP contribution in [0.4, 0.5) is 0 Å². The fourth-order valence-electron chi connectivity index (χ4n) is 1.78. The zero-order chi connectivity index (χ0) is 9.10. The van der Waals surface area contributed by atoms with Gasteiger partial charge in [-0.05, 0) is 32.2 Å². The van der Waals surface area contributed by atoms with Crippen molar-refractivity contribution in [1.29, 1.82) is 0 Å². The first-order valence-electron chi connectivity index (χ1n) is 5.40. The summed E-state index contributed by atoms with van der Waals surface area (Å²) in [6.45, 7) is 1.00. The van der Waals surface area contributed by atoms with Crippen molar-refractivity contribution in [3.63, 3.8) is 0 Å². The normalized spacial score (nSPS) is 29.4. The zero-order valence-electron chi connectivity index (χ0n) is 8.01. The molecular formula is C10H18N2O. The molecule has 0 aromatic carbocycles. The van der Waals surface area contributed by atoms with Gasteiger partial charge in [0.05, 0.1) is 6.04 Å². The molecule has 1 amide bonds. The summed E-state index contributed by atoms with van der Waals surface area (Å²) < 4.78 is 0. The minimum Gasteiger partial charge on any atom is -0.352 e. The molecule has 2 aliphatic rings. The third-order valence-corrected chi connectivity index (χ3v) is 2.80. The third kappa shape index (κ3) is 2.69. The number of hydrogen-bond donors (Lipinski definition) is 2. The third-order valence-electron chi connectivity index (χ3n) is 2.80. The van der Waals surface area contributed by atoms with Crippen LogP contribution in [0.15, 0.2) is 0 Å². The van der Waals surface area contributed by atoms with Crippen molar-refractivity contribution in [1.82, 2.24) is 10.6 Å². The van der Waals surface area contributed by atoms with Crippen LogP contribution in [0.1, 0.15) is 38.5 Å². The summed E-state index contributed by atoms with van der Waals surface area (Å²) in [6.07, 6.45) is 7.04. The summed E-state index contributed by atoms with van der Waals surface area (Å²) in [7, 11) is 0. The standard InChI is InChI=1S/C10H18N2O/c13-10(12-8-5-6-8)9-4-2-1-3-7-11-9/h8-9,11H,1-7H2,(H,12,13). The summed E-state index contributed by atoms with van der Waals surface area (Å²) >= 11 is 0. The number of nitrogens with one attached hydrogen (secondary N) is 2. The van der Waals surface area contributed by atoms with Crippen LogP contribution in [0, 0.1) is 0 Å². The fraction of sp³-hybridized carbons (Fsp3) is 0.900. The monoisotopic (exact) mass is 182 g/mol.